The molecule has 0 aliphatic heterocycles. The number of benzene rings is 2. The van der Waals surface area contributed by atoms with Gasteiger partial charge in [0.05, 0.1) is 11.7 Å². The molecule has 9 nitrogen and oxygen atoms in total. The summed E-state index contributed by atoms with van der Waals surface area (Å²) < 4.78 is 36.7. The molecule has 2 heterocycles. The van der Waals surface area contributed by atoms with Crippen molar-refractivity contribution in [2.24, 2.45) is 0 Å². The highest BCUT2D eigenvalue weighted by Gasteiger charge is 2.38. The number of fused-ring (bicyclic) bond motifs is 1. The fourth-order valence-electron chi connectivity index (χ4n) is 2.92. The van der Waals surface area contributed by atoms with Crippen LogP contribution in [0.5, 0.6) is 0 Å². The van der Waals surface area contributed by atoms with E-state index in [0.717, 1.165) is 5.69 Å². The molecule has 0 saturated carbocycles. The molecule has 13 heteroatoms. The minimum Gasteiger partial charge on any atom is -0.475 e. The number of nitrogens with one attached hydrogen (secondary N) is 3. The molecule has 0 spiro atoms. The van der Waals surface area contributed by atoms with Crippen LogP contribution in [0.15, 0.2) is 45.7 Å². The van der Waals surface area contributed by atoms with Crippen molar-refractivity contribution in [1.29, 1.82) is 0 Å². The number of aromatic amines is 1. The van der Waals surface area contributed by atoms with Gasteiger partial charge in [-0.1, -0.05) is 11.6 Å². The van der Waals surface area contributed by atoms with E-state index in [4.69, 9.17) is 25.9 Å². The van der Waals surface area contributed by atoms with Gasteiger partial charge >= 0.3 is 17.9 Å². The van der Waals surface area contributed by atoms with Gasteiger partial charge in [0.15, 0.2) is 11.4 Å². The first-order valence-electron chi connectivity index (χ1n) is 9.91. The van der Waals surface area contributed by atoms with Gasteiger partial charge in [-0.3, -0.25) is 4.98 Å². The summed E-state index contributed by atoms with van der Waals surface area (Å²) in [6.07, 6.45) is -3.55. The molecule has 184 valence electrons. The van der Waals surface area contributed by atoms with Crippen LogP contribution in [0.4, 0.5) is 36.3 Å². The van der Waals surface area contributed by atoms with E-state index in [-0.39, 0.29) is 0 Å². The van der Waals surface area contributed by atoms with Crippen molar-refractivity contribution in [3.05, 3.63) is 68.8 Å². The minimum absolute atomic E-state index is 0.377. The van der Waals surface area contributed by atoms with Crippen LogP contribution in [0.3, 0.4) is 0 Å². The third-order valence-corrected chi connectivity index (χ3v) is 5.13. The fourth-order valence-corrected chi connectivity index (χ4v) is 3.06. The molecular formula is C22H19ClF3N5O4. The second-order valence-electron chi connectivity index (χ2n) is 7.40. The second kappa shape index (κ2) is 10.1. The number of H-pyrrole nitrogens is 1. The first kappa shape index (κ1) is 25.6. The predicted octanol–water partition coefficient (Wildman–Crippen LogP) is 5.61. The molecule has 2 aromatic carbocycles. The molecule has 2 aromatic heterocycles. The van der Waals surface area contributed by atoms with Gasteiger partial charge in [0, 0.05) is 11.4 Å². The molecule has 4 aromatic rings. The van der Waals surface area contributed by atoms with Crippen LogP contribution >= 0.6 is 11.6 Å². The normalized spacial score (nSPS) is 11.1. The van der Waals surface area contributed by atoms with Crippen LogP contribution < -0.4 is 16.4 Å². The summed E-state index contributed by atoms with van der Waals surface area (Å²) in [7, 11) is 0. The molecule has 0 bridgehead atoms. The highest BCUT2D eigenvalue weighted by atomic mass is 35.5. The number of nitrogens with zero attached hydrogens (tertiary/aromatic N) is 2. The molecule has 0 unspecified atom stereocenters. The summed E-state index contributed by atoms with van der Waals surface area (Å²) in [6.45, 7) is 6.23. The first-order chi connectivity index (χ1) is 16.3. The average molecular weight is 510 g/mol. The molecule has 4 rings (SSSR count). The van der Waals surface area contributed by atoms with E-state index < -0.39 is 17.9 Å². The zero-order chi connectivity index (χ0) is 25.9. The van der Waals surface area contributed by atoms with Crippen molar-refractivity contribution < 1.29 is 27.5 Å². The number of hydrogen-bond acceptors (Lipinski definition) is 7. The molecule has 0 amide bonds. The number of carboxylic acids is 1. The molecule has 0 saturated heterocycles. The lowest BCUT2D eigenvalue weighted by Gasteiger charge is -2.12. The summed E-state index contributed by atoms with van der Waals surface area (Å²) in [4.78, 5) is 31.5. The highest BCUT2D eigenvalue weighted by Crippen LogP contribution is 2.27. The molecular weight excluding hydrogens is 491 g/mol. The zero-order valence-corrected chi connectivity index (χ0v) is 19.3. The number of aromatic nitrogens is 3. The lowest BCUT2D eigenvalue weighted by Crippen LogP contribution is -2.21. The van der Waals surface area contributed by atoms with Gasteiger partial charge in [0.2, 0.25) is 5.95 Å². The minimum atomic E-state index is -5.08. The maximum absolute atomic E-state index is 11.3. The SMILES string of the molecule is Cc1cc(Nc2ncc(Cl)c(Nc3ccc4oc(=O)[nH]c4c3)n2)cc(C)c1C.O=C(O)C(F)(F)F. The van der Waals surface area contributed by atoms with Crippen LogP contribution in [0.25, 0.3) is 11.1 Å². The zero-order valence-electron chi connectivity index (χ0n) is 18.5. The first-order valence-corrected chi connectivity index (χ1v) is 10.3. The van der Waals surface area contributed by atoms with E-state index in [9.17, 15) is 18.0 Å². The van der Waals surface area contributed by atoms with Crippen molar-refractivity contribution in [2.45, 2.75) is 26.9 Å². The van der Waals surface area contributed by atoms with Crippen molar-refractivity contribution in [2.75, 3.05) is 10.6 Å². The topological polar surface area (TPSA) is 133 Å². The Kier molecular flexibility index (Phi) is 7.34. The number of rotatable bonds is 4. The van der Waals surface area contributed by atoms with Crippen molar-refractivity contribution in [3.63, 3.8) is 0 Å². The quantitative estimate of drug-likeness (QED) is 0.279. The molecule has 0 aliphatic rings. The third kappa shape index (κ3) is 6.51. The number of alkyl halides is 3. The van der Waals surface area contributed by atoms with Crippen molar-refractivity contribution in [1.82, 2.24) is 15.0 Å². The Labute approximate surface area is 201 Å². The smallest absolute Gasteiger partial charge is 0.475 e. The largest absolute Gasteiger partial charge is 0.490 e. The molecule has 0 atom stereocenters. The Morgan fingerprint density at radius 3 is 2.31 bits per heavy atom. The Morgan fingerprint density at radius 2 is 1.71 bits per heavy atom. The Balaban J connectivity index is 0.000000429. The lowest BCUT2D eigenvalue weighted by atomic mass is 10.0. The van der Waals surface area contributed by atoms with Crippen molar-refractivity contribution >= 4 is 51.8 Å². The van der Waals surface area contributed by atoms with Gasteiger partial charge in [0.1, 0.15) is 5.02 Å². The van der Waals surface area contributed by atoms with Crippen LogP contribution in [-0.2, 0) is 4.79 Å². The summed E-state index contributed by atoms with van der Waals surface area (Å²) in [5.41, 5.74) is 6.33. The van der Waals surface area contributed by atoms with E-state index >= 15 is 0 Å². The lowest BCUT2D eigenvalue weighted by molar-refractivity contribution is -0.192. The number of carboxylic acid groups (broad SMARTS) is 1. The van der Waals surface area contributed by atoms with Gasteiger partial charge in [0.25, 0.3) is 0 Å². The Morgan fingerprint density at radius 1 is 1.09 bits per heavy atom. The van der Waals surface area contributed by atoms with E-state index in [0.29, 0.717) is 33.6 Å². The Hall–Kier alpha value is -4.06. The maximum Gasteiger partial charge on any atom is 0.490 e. The number of anilines is 4. The van der Waals surface area contributed by atoms with E-state index in [1.807, 2.05) is 0 Å². The van der Waals surface area contributed by atoms with Gasteiger partial charge in [-0.25, -0.2) is 14.6 Å². The average Bonchev–Trinajstić information content (AvgIpc) is 3.13. The highest BCUT2D eigenvalue weighted by molar-refractivity contribution is 6.32. The maximum atomic E-state index is 11.3. The molecule has 4 N–H and O–H groups in total. The number of aliphatic carboxylic acids is 1. The second-order valence-corrected chi connectivity index (χ2v) is 7.81. The van der Waals surface area contributed by atoms with Gasteiger partial charge in [-0.2, -0.15) is 18.2 Å². The molecule has 0 radical (unpaired) electrons. The van der Waals surface area contributed by atoms with Crippen LogP contribution in [0.2, 0.25) is 5.02 Å². The summed E-state index contributed by atoms with van der Waals surface area (Å²) in [5, 5.41) is 13.9. The number of oxazole rings is 1. The van der Waals surface area contributed by atoms with Gasteiger partial charge < -0.3 is 20.2 Å². The van der Waals surface area contributed by atoms with Crippen LogP contribution in [0.1, 0.15) is 16.7 Å². The summed E-state index contributed by atoms with van der Waals surface area (Å²) in [6, 6.07) is 9.32. The van der Waals surface area contributed by atoms with Gasteiger partial charge in [-0.05, 0) is 67.8 Å². The summed E-state index contributed by atoms with van der Waals surface area (Å²) >= 11 is 6.25. The monoisotopic (exact) mass is 509 g/mol. The Bertz CT molecular complexity index is 1430. The van der Waals surface area contributed by atoms with Crippen LogP contribution in [-0.4, -0.2) is 32.2 Å². The van der Waals surface area contributed by atoms with E-state index in [2.05, 4.69) is 58.5 Å². The fraction of sp³-hybridized carbons (Fsp3) is 0.182. The number of carbonyl (C=O) groups is 1. The molecule has 0 fully saturated rings. The number of halogens is 4. The number of hydrogen-bond donors (Lipinski definition) is 4. The third-order valence-electron chi connectivity index (χ3n) is 4.85. The summed E-state index contributed by atoms with van der Waals surface area (Å²) in [5.74, 6) is -2.38. The van der Waals surface area contributed by atoms with Gasteiger partial charge in [-0.15, -0.1) is 0 Å². The van der Waals surface area contributed by atoms with E-state index in [1.165, 1.54) is 22.9 Å². The standard InChI is InChI=1S/C20H18ClN5O2.C2HF3O2/c1-10-6-14(7-11(2)12(10)3)24-19-22-9-15(21)18(26-19)23-13-4-5-17-16(8-13)25-20(27)28-17;3-2(4,5)1(6)7/h4-9H,1-3H3,(H,25,27)(H2,22,23,24,26);(H,6,7). The van der Waals surface area contributed by atoms with Crippen molar-refractivity contribution in [3.8, 4) is 0 Å². The molecule has 35 heavy (non-hydrogen) atoms. The van der Waals surface area contributed by atoms with Crippen LogP contribution in [0, 0.1) is 20.8 Å². The van der Waals surface area contributed by atoms with E-state index in [1.54, 1.807) is 18.2 Å². The number of aryl methyl sites for hydroxylation is 2. The molecule has 0 aliphatic carbocycles. The predicted molar refractivity (Wildman–Crippen MR) is 125 cm³/mol.